The summed E-state index contributed by atoms with van der Waals surface area (Å²) in [5.41, 5.74) is 5.02. The van der Waals surface area contributed by atoms with Crippen LogP contribution in [-0.2, 0) is 17.7 Å². The summed E-state index contributed by atoms with van der Waals surface area (Å²) in [4.78, 5) is 4.30. The molecule has 4 rings (SSSR count). The van der Waals surface area contributed by atoms with Crippen LogP contribution in [0, 0.1) is 5.92 Å². The number of guanidine groups is 1. The molecule has 1 saturated heterocycles. The zero-order chi connectivity index (χ0) is 18.5. The van der Waals surface area contributed by atoms with E-state index in [1.54, 1.807) is 7.05 Å². The molecular formula is C22H27N3O2. The summed E-state index contributed by atoms with van der Waals surface area (Å²) in [7, 11) is 1.81. The number of nitrogens with one attached hydrogen (secondary N) is 2. The first-order chi connectivity index (χ1) is 13.3. The molecule has 0 aliphatic carbocycles. The van der Waals surface area contributed by atoms with Crippen molar-refractivity contribution in [1.29, 1.82) is 0 Å². The van der Waals surface area contributed by atoms with Gasteiger partial charge in [0.2, 0.25) is 0 Å². The smallest absolute Gasteiger partial charge is 0.191 e. The number of hydrogen-bond donors (Lipinski definition) is 2. The molecule has 0 bridgehead atoms. The molecule has 0 amide bonds. The van der Waals surface area contributed by atoms with Gasteiger partial charge in [-0.15, -0.1) is 0 Å². The van der Waals surface area contributed by atoms with Crippen molar-refractivity contribution in [3.8, 4) is 16.9 Å². The van der Waals surface area contributed by atoms with E-state index in [9.17, 15) is 0 Å². The van der Waals surface area contributed by atoms with Crippen molar-refractivity contribution in [3.05, 3.63) is 53.6 Å². The molecule has 0 saturated carbocycles. The lowest BCUT2D eigenvalue weighted by molar-refractivity contribution is 0.186. The van der Waals surface area contributed by atoms with Gasteiger partial charge in [-0.3, -0.25) is 4.99 Å². The minimum Gasteiger partial charge on any atom is -0.493 e. The van der Waals surface area contributed by atoms with Crippen molar-refractivity contribution in [2.45, 2.75) is 19.4 Å². The van der Waals surface area contributed by atoms with Crippen LogP contribution >= 0.6 is 0 Å². The molecule has 2 heterocycles. The molecule has 0 aromatic heterocycles. The fourth-order valence-electron chi connectivity index (χ4n) is 3.57. The molecule has 1 unspecified atom stereocenters. The molecule has 2 aliphatic heterocycles. The van der Waals surface area contributed by atoms with Crippen LogP contribution < -0.4 is 15.4 Å². The second kappa shape index (κ2) is 8.44. The third-order valence-electron chi connectivity index (χ3n) is 5.24. The van der Waals surface area contributed by atoms with Crippen LogP contribution in [-0.4, -0.2) is 39.4 Å². The van der Waals surface area contributed by atoms with Gasteiger partial charge in [0, 0.05) is 39.1 Å². The van der Waals surface area contributed by atoms with Gasteiger partial charge in [-0.25, -0.2) is 0 Å². The van der Waals surface area contributed by atoms with Gasteiger partial charge in [0.25, 0.3) is 0 Å². The van der Waals surface area contributed by atoms with Crippen LogP contribution in [0.4, 0.5) is 0 Å². The number of aliphatic imine (C=N–C) groups is 1. The maximum Gasteiger partial charge on any atom is 0.191 e. The number of hydrogen-bond acceptors (Lipinski definition) is 3. The summed E-state index contributed by atoms with van der Waals surface area (Å²) in [6.45, 7) is 4.18. The van der Waals surface area contributed by atoms with E-state index >= 15 is 0 Å². The SMILES string of the molecule is CN=C(NCc1ccc(-c2ccc3c(c2)CCO3)cc1)NCC1CCOC1. The number of fused-ring (bicyclic) bond motifs is 1. The standard InChI is InChI=1S/C22H27N3O2/c1-23-22(25-14-17-8-10-26-15-17)24-13-16-2-4-18(5-3-16)19-6-7-21-20(12-19)9-11-27-21/h2-7,12,17H,8-11,13-15H2,1H3,(H2,23,24,25). The highest BCUT2D eigenvalue weighted by Gasteiger charge is 2.15. The lowest BCUT2D eigenvalue weighted by atomic mass is 10.0. The first-order valence-corrected chi connectivity index (χ1v) is 9.69. The summed E-state index contributed by atoms with van der Waals surface area (Å²) in [6, 6.07) is 15.2. The summed E-state index contributed by atoms with van der Waals surface area (Å²) in [5, 5.41) is 6.77. The van der Waals surface area contributed by atoms with E-state index in [4.69, 9.17) is 9.47 Å². The van der Waals surface area contributed by atoms with Crippen molar-refractivity contribution < 1.29 is 9.47 Å². The van der Waals surface area contributed by atoms with Crippen molar-refractivity contribution >= 4 is 5.96 Å². The number of nitrogens with zero attached hydrogens (tertiary/aromatic N) is 1. The Bertz CT molecular complexity index is 796. The zero-order valence-electron chi connectivity index (χ0n) is 15.8. The summed E-state index contributed by atoms with van der Waals surface area (Å²) >= 11 is 0. The second-order valence-corrected chi connectivity index (χ2v) is 7.15. The van der Waals surface area contributed by atoms with Gasteiger partial charge < -0.3 is 20.1 Å². The molecule has 0 spiro atoms. The van der Waals surface area contributed by atoms with E-state index in [1.165, 1.54) is 22.3 Å². The highest BCUT2D eigenvalue weighted by Crippen LogP contribution is 2.30. The molecule has 2 N–H and O–H groups in total. The van der Waals surface area contributed by atoms with Crippen molar-refractivity contribution in [2.24, 2.45) is 10.9 Å². The maximum atomic E-state index is 5.59. The number of rotatable bonds is 5. The lowest BCUT2D eigenvalue weighted by Crippen LogP contribution is -2.39. The minimum absolute atomic E-state index is 0.584. The second-order valence-electron chi connectivity index (χ2n) is 7.15. The fraction of sp³-hybridized carbons (Fsp3) is 0.409. The molecule has 0 radical (unpaired) electrons. The third kappa shape index (κ3) is 4.42. The van der Waals surface area contributed by atoms with E-state index in [2.05, 4.69) is 58.1 Å². The largest absolute Gasteiger partial charge is 0.493 e. The Kier molecular flexibility index (Phi) is 5.58. The van der Waals surface area contributed by atoms with Crippen LogP contribution in [0.5, 0.6) is 5.75 Å². The fourth-order valence-corrected chi connectivity index (χ4v) is 3.57. The summed E-state index contributed by atoms with van der Waals surface area (Å²) < 4.78 is 11.0. The first kappa shape index (κ1) is 17.9. The first-order valence-electron chi connectivity index (χ1n) is 9.69. The van der Waals surface area contributed by atoms with Gasteiger partial charge >= 0.3 is 0 Å². The van der Waals surface area contributed by atoms with Crippen LogP contribution in [0.25, 0.3) is 11.1 Å². The van der Waals surface area contributed by atoms with E-state index in [0.717, 1.165) is 57.5 Å². The Balaban J connectivity index is 1.32. The normalized spacial score (nSPS) is 18.9. The molecule has 5 heteroatoms. The van der Waals surface area contributed by atoms with Crippen molar-refractivity contribution in [1.82, 2.24) is 10.6 Å². The van der Waals surface area contributed by atoms with Crippen molar-refractivity contribution in [2.75, 3.05) is 33.4 Å². The van der Waals surface area contributed by atoms with Crippen molar-refractivity contribution in [3.63, 3.8) is 0 Å². The topological polar surface area (TPSA) is 54.9 Å². The van der Waals surface area contributed by atoms with Gasteiger partial charge in [-0.2, -0.15) is 0 Å². The van der Waals surface area contributed by atoms with Crippen LogP contribution in [0.1, 0.15) is 17.5 Å². The highest BCUT2D eigenvalue weighted by atomic mass is 16.5. The lowest BCUT2D eigenvalue weighted by Gasteiger charge is -2.14. The summed E-state index contributed by atoms with van der Waals surface area (Å²) in [5.74, 6) is 2.45. The van der Waals surface area contributed by atoms with Gasteiger partial charge in [-0.05, 0) is 40.8 Å². The van der Waals surface area contributed by atoms with Gasteiger partial charge in [-0.1, -0.05) is 30.3 Å². The number of benzene rings is 2. The molecule has 2 aliphatic rings. The average Bonchev–Trinajstić information content (AvgIpc) is 3.39. The van der Waals surface area contributed by atoms with E-state index in [0.29, 0.717) is 5.92 Å². The third-order valence-corrected chi connectivity index (χ3v) is 5.24. The highest BCUT2D eigenvalue weighted by molar-refractivity contribution is 5.79. The quantitative estimate of drug-likeness (QED) is 0.632. The number of ether oxygens (including phenoxy) is 2. The molecular weight excluding hydrogens is 338 g/mol. The zero-order valence-corrected chi connectivity index (χ0v) is 15.8. The predicted molar refractivity (Wildman–Crippen MR) is 108 cm³/mol. The molecule has 1 atom stereocenters. The molecule has 2 aromatic rings. The molecule has 1 fully saturated rings. The molecule has 142 valence electrons. The Hall–Kier alpha value is -2.53. The van der Waals surface area contributed by atoms with Gasteiger partial charge in [0.05, 0.1) is 13.2 Å². The Morgan fingerprint density at radius 2 is 1.93 bits per heavy atom. The van der Waals surface area contributed by atoms with Crippen LogP contribution in [0.2, 0.25) is 0 Å². The average molecular weight is 365 g/mol. The van der Waals surface area contributed by atoms with E-state index in [1.807, 2.05) is 0 Å². The molecule has 5 nitrogen and oxygen atoms in total. The van der Waals surface area contributed by atoms with Crippen LogP contribution in [0.3, 0.4) is 0 Å². The van der Waals surface area contributed by atoms with Gasteiger partial charge in [0.15, 0.2) is 5.96 Å². The predicted octanol–water partition coefficient (Wildman–Crippen LogP) is 2.99. The van der Waals surface area contributed by atoms with E-state index < -0.39 is 0 Å². The maximum absolute atomic E-state index is 5.59. The Labute approximate surface area is 160 Å². The molecule has 2 aromatic carbocycles. The monoisotopic (exact) mass is 365 g/mol. The van der Waals surface area contributed by atoms with E-state index in [-0.39, 0.29) is 0 Å². The molecule has 27 heavy (non-hydrogen) atoms. The van der Waals surface area contributed by atoms with Gasteiger partial charge in [0.1, 0.15) is 5.75 Å². The minimum atomic E-state index is 0.584. The Morgan fingerprint density at radius 3 is 2.70 bits per heavy atom. The van der Waals surface area contributed by atoms with Crippen LogP contribution in [0.15, 0.2) is 47.5 Å². The summed E-state index contributed by atoms with van der Waals surface area (Å²) in [6.07, 6.45) is 2.13. The Morgan fingerprint density at radius 1 is 1.07 bits per heavy atom.